The molecule has 3 heterocycles. The number of pyridine rings is 1. The SMILES string of the molecule is COC(=O)c1ccc([N+](=O)[O-])c(N2CCC(Cc3ccn[nH]3)CC2)n1. The Morgan fingerprint density at radius 2 is 2.16 bits per heavy atom. The van der Waals surface area contributed by atoms with Crippen LogP contribution in [0.5, 0.6) is 0 Å². The molecule has 1 aliphatic rings. The fraction of sp³-hybridized carbons (Fsp3) is 0.438. The standard InChI is InChI=1S/C16H19N5O4/c1-25-16(22)13-2-3-14(21(23)24)15(18-13)20-8-5-11(6-9-20)10-12-4-7-17-19-12/h2-4,7,11H,5-6,8-10H2,1H3,(H,17,19). The van der Waals surface area contributed by atoms with Crippen molar-refractivity contribution in [1.29, 1.82) is 0 Å². The van der Waals surface area contributed by atoms with Crippen molar-refractivity contribution in [3.63, 3.8) is 0 Å². The molecular formula is C16H19N5O4. The molecule has 1 N–H and O–H groups in total. The first-order valence-corrected chi connectivity index (χ1v) is 8.05. The molecule has 9 heteroatoms. The molecule has 0 radical (unpaired) electrons. The number of hydrogen-bond donors (Lipinski definition) is 1. The van der Waals surface area contributed by atoms with Gasteiger partial charge in [-0.3, -0.25) is 15.2 Å². The van der Waals surface area contributed by atoms with Crippen molar-refractivity contribution in [2.24, 2.45) is 5.92 Å². The molecule has 132 valence electrons. The number of aromatic nitrogens is 3. The second kappa shape index (κ2) is 7.29. The predicted octanol–water partition coefficient (Wildman–Crippen LogP) is 1.96. The van der Waals surface area contributed by atoms with E-state index in [0.717, 1.165) is 25.0 Å². The largest absolute Gasteiger partial charge is 0.464 e. The Morgan fingerprint density at radius 3 is 2.76 bits per heavy atom. The van der Waals surface area contributed by atoms with Crippen molar-refractivity contribution >= 4 is 17.5 Å². The van der Waals surface area contributed by atoms with Crippen LogP contribution in [-0.2, 0) is 11.2 Å². The average Bonchev–Trinajstić information content (AvgIpc) is 3.14. The molecule has 0 unspecified atom stereocenters. The number of methoxy groups -OCH3 is 1. The van der Waals surface area contributed by atoms with Gasteiger partial charge in [-0.05, 0) is 37.3 Å². The molecule has 1 saturated heterocycles. The third-order valence-corrected chi connectivity index (χ3v) is 4.43. The van der Waals surface area contributed by atoms with Crippen LogP contribution in [0.15, 0.2) is 24.4 Å². The van der Waals surface area contributed by atoms with Crippen molar-refractivity contribution < 1.29 is 14.5 Å². The summed E-state index contributed by atoms with van der Waals surface area (Å²) in [6, 6.07) is 4.59. The van der Waals surface area contributed by atoms with E-state index in [1.54, 1.807) is 6.20 Å². The Bertz CT molecular complexity index is 754. The van der Waals surface area contributed by atoms with Crippen LogP contribution >= 0.6 is 0 Å². The molecule has 1 aliphatic heterocycles. The highest BCUT2D eigenvalue weighted by molar-refractivity contribution is 5.88. The van der Waals surface area contributed by atoms with E-state index in [1.165, 1.54) is 19.2 Å². The summed E-state index contributed by atoms with van der Waals surface area (Å²) < 4.78 is 4.66. The Labute approximate surface area is 144 Å². The summed E-state index contributed by atoms with van der Waals surface area (Å²) in [5.41, 5.74) is 1.07. The van der Waals surface area contributed by atoms with Crippen molar-refractivity contribution in [3.8, 4) is 0 Å². The molecule has 0 atom stereocenters. The van der Waals surface area contributed by atoms with Gasteiger partial charge < -0.3 is 9.64 Å². The third kappa shape index (κ3) is 3.76. The van der Waals surface area contributed by atoms with Crippen molar-refractivity contribution in [2.45, 2.75) is 19.3 Å². The number of nitrogens with zero attached hydrogens (tertiary/aromatic N) is 4. The molecule has 0 saturated carbocycles. The number of ether oxygens (including phenoxy) is 1. The van der Waals surface area contributed by atoms with E-state index < -0.39 is 10.9 Å². The zero-order chi connectivity index (χ0) is 17.8. The van der Waals surface area contributed by atoms with Gasteiger partial charge in [0.1, 0.15) is 0 Å². The number of hydrogen-bond acceptors (Lipinski definition) is 7. The monoisotopic (exact) mass is 345 g/mol. The van der Waals surface area contributed by atoms with Crippen LogP contribution < -0.4 is 4.90 Å². The smallest absolute Gasteiger partial charge is 0.356 e. The van der Waals surface area contributed by atoms with Crippen LogP contribution in [0.4, 0.5) is 11.5 Å². The summed E-state index contributed by atoms with van der Waals surface area (Å²) in [5.74, 6) is 0.109. The molecule has 25 heavy (non-hydrogen) atoms. The molecule has 3 rings (SSSR count). The normalized spacial score (nSPS) is 15.2. The van der Waals surface area contributed by atoms with Gasteiger partial charge >= 0.3 is 11.7 Å². The maximum Gasteiger partial charge on any atom is 0.356 e. The second-order valence-electron chi connectivity index (χ2n) is 6.00. The zero-order valence-electron chi connectivity index (χ0n) is 13.8. The van der Waals surface area contributed by atoms with E-state index in [-0.39, 0.29) is 17.2 Å². The molecule has 9 nitrogen and oxygen atoms in total. The predicted molar refractivity (Wildman–Crippen MR) is 89.5 cm³/mol. The Kier molecular flexibility index (Phi) is 4.92. The number of anilines is 1. The van der Waals surface area contributed by atoms with E-state index in [1.807, 2.05) is 11.0 Å². The van der Waals surface area contributed by atoms with Crippen LogP contribution in [0, 0.1) is 16.0 Å². The van der Waals surface area contributed by atoms with Gasteiger partial charge in [-0.25, -0.2) is 9.78 Å². The minimum atomic E-state index is -0.606. The molecule has 0 aliphatic carbocycles. The van der Waals surface area contributed by atoms with Gasteiger partial charge in [0.05, 0.1) is 12.0 Å². The number of aromatic amines is 1. The van der Waals surface area contributed by atoms with E-state index >= 15 is 0 Å². The Balaban J connectivity index is 1.75. The van der Waals surface area contributed by atoms with Crippen LogP contribution in [0.1, 0.15) is 29.0 Å². The van der Waals surface area contributed by atoms with Crippen molar-refractivity contribution in [1.82, 2.24) is 15.2 Å². The highest BCUT2D eigenvalue weighted by Gasteiger charge is 2.27. The maximum atomic E-state index is 11.7. The van der Waals surface area contributed by atoms with E-state index in [4.69, 9.17) is 0 Å². The van der Waals surface area contributed by atoms with Crippen LogP contribution in [0.3, 0.4) is 0 Å². The first-order valence-electron chi connectivity index (χ1n) is 8.05. The molecule has 1 fully saturated rings. The van der Waals surface area contributed by atoms with Gasteiger partial charge in [-0.15, -0.1) is 0 Å². The average molecular weight is 345 g/mol. The van der Waals surface area contributed by atoms with Gasteiger partial charge in [-0.2, -0.15) is 5.10 Å². The van der Waals surface area contributed by atoms with Crippen molar-refractivity contribution in [2.75, 3.05) is 25.1 Å². The number of esters is 1. The lowest BCUT2D eigenvalue weighted by molar-refractivity contribution is -0.384. The molecule has 0 bridgehead atoms. The maximum absolute atomic E-state index is 11.7. The fourth-order valence-electron chi connectivity index (χ4n) is 3.09. The number of carbonyl (C=O) groups is 1. The van der Waals surface area contributed by atoms with E-state index in [2.05, 4.69) is 19.9 Å². The summed E-state index contributed by atoms with van der Waals surface area (Å²) in [7, 11) is 1.26. The van der Waals surface area contributed by atoms with Crippen LogP contribution in [0.2, 0.25) is 0 Å². The molecule has 0 aromatic carbocycles. The number of nitro groups is 1. The number of piperidine rings is 1. The highest BCUT2D eigenvalue weighted by atomic mass is 16.6. The number of H-pyrrole nitrogens is 1. The summed E-state index contributed by atoms with van der Waals surface area (Å²) in [6.45, 7) is 1.30. The number of carbonyl (C=O) groups excluding carboxylic acids is 1. The zero-order valence-corrected chi connectivity index (χ0v) is 13.8. The second-order valence-corrected chi connectivity index (χ2v) is 6.00. The minimum absolute atomic E-state index is 0.0719. The quantitative estimate of drug-likeness (QED) is 0.500. The summed E-state index contributed by atoms with van der Waals surface area (Å²) >= 11 is 0. The van der Waals surface area contributed by atoms with E-state index in [9.17, 15) is 14.9 Å². The molecule has 2 aromatic heterocycles. The fourth-order valence-corrected chi connectivity index (χ4v) is 3.09. The summed E-state index contributed by atoms with van der Waals surface area (Å²) in [6.07, 6.45) is 4.42. The lowest BCUT2D eigenvalue weighted by Crippen LogP contribution is -2.35. The topological polar surface area (TPSA) is 114 Å². The summed E-state index contributed by atoms with van der Waals surface area (Å²) in [5, 5.41) is 18.2. The number of rotatable bonds is 5. The Morgan fingerprint density at radius 1 is 1.40 bits per heavy atom. The first kappa shape index (κ1) is 16.9. The summed E-state index contributed by atoms with van der Waals surface area (Å²) in [4.78, 5) is 28.6. The van der Waals surface area contributed by atoms with E-state index in [0.29, 0.717) is 19.0 Å². The van der Waals surface area contributed by atoms with Gasteiger partial charge in [0, 0.05) is 31.0 Å². The first-order chi connectivity index (χ1) is 12.1. The van der Waals surface area contributed by atoms with Crippen LogP contribution in [0.25, 0.3) is 0 Å². The highest BCUT2D eigenvalue weighted by Crippen LogP contribution is 2.31. The molecule has 2 aromatic rings. The lowest BCUT2D eigenvalue weighted by atomic mass is 9.92. The molecule has 0 spiro atoms. The Hall–Kier alpha value is -2.97. The minimum Gasteiger partial charge on any atom is -0.464 e. The third-order valence-electron chi connectivity index (χ3n) is 4.43. The van der Waals surface area contributed by atoms with Gasteiger partial charge in [0.15, 0.2) is 5.69 Å². The van der Waals surface area contributed by atoms with Crippen molar-refractivity contribution in [3.05, 3.63) is 45.9 Å². The van der Waals surface area contributed by atoms with Gasteiger partial charge in [0.25, 0.3) is 0 Å². The van der Waals surface area contributed by atoms with Crippen LogP contribution in [-0.4, -0.2) is 46.3 Å². The van der Waals surface area contributed by atoms with Gasteiger partial charge in [0.2, 0.25) is 5.82 Å². The molecular weight excluding hydrogens is 326 g/mol. The molecule has 0 amide bonds. The number of nitrogens with one attached hydrogen (secondary N) is 1. The lowest BCUT2D eigenvalue weighted by Gasteiger charge is -2.32. The van der Waals surface area contributed by atoms with Gasteiger partial charge in [-0.1, -0.05) is 0 Å².